The van der Waals surface area contributed by atoms with E-state index in [1.807, 2.05) is 26.1 Å². The zero-order chi connectivity index (χ0) is 19.9. The van der Waals surface area contributed by atoms with Crippen LogP contribution in [0.2, 0.25) is 0 Å². The van der Waals surface area contributed by atoms with Crippen molar-refractivity contribution in [2.24, 2.45) is 12.0 Å². The first-order valence-corrected chi connectivity index (χ1v) is 8.90. The average Bonchev–Trinajstić information content (AvgIpc) is 3.11. The second-order valence-electron chi connectivity index (χ2n) is 6.50. The van der Waals surface area contributed by atoms with E-state index < -0.39 is 5.60 Å². The molecule has 1 atom stereocenters. The maximum atomic E-state index is 11.6. The van der Waals surface area contributed by atoms with Crippen molar-refractivity contribution in [3.8, 4) is 0 Å². The maximum absolute atomic E-state index is 11.6. The van der Waals surface area contributed by atoms with Gasteiger partial charge in [-0.2, -0.15) is 5.10 Å². The molecule has 0 aliphatic carbocycles. The lowest BCUT2D eigenvalue weighted by atomic mass is 10.00. The molecule has 28 heavy (non-hydrogen) atoms. The summed E-state index contributed by atoms with van der Waals surface area (Å²) in [4.78, 5) is 16.1. The normalized spacial score (nSPS) is 13.2. The van der Waals surface area contributed by atoms with E-state index in [9.17, 15) is 9.90 Å². The van der Waals surface area contributed by atoms with Crippen LogP contribution in [0.5, 0.6) is 0 Å². The highest BCUT2D eigenvalue weighted by atomic mass is 127. The minimum atomic E-state index is -1.07. The molecule has 1 unspecified atom stereocenters. The molecule has 9 heteroatoms. The lowest BCUT2D eigenvalue weighted by Crippen LogP contribution is -2.44. The van der Waals surface area contributed by atoms with Crippen molar-refractivity contribution in [2.75, 3.05) is 20.1 Å². The molecule has 4 N–H and O–H groups in total. The lowest BCUT2D eigenvalue weighted by Gasteiger charge is -2.23. The summed E-state index contributed by atoms with van der Waals surface area (Å²) >= 11 is 0. The highest BCUT2D eigenvalue weighted by molar-refractivity contribution is 14.0. The zero-order valence-electron chi connectivity index (χ0n) is 16.7. The number of aliphatic hydroxyl groups is 1. The Kier molecular flexibility index (Phi) is 9.39. The predicted molar refractivity (Wildman–Crippen MR) is 121 cm³/mol. The zero-order valence-corrected chi connectivity index (χ0v) is 19.0. The van der Waals surface area contributed by atoms with Crippen LogP contribution in [0.15, 0.2) is 41.7 Å². The molecular weight excluding hydrogens is 471 g/mol. The van der Waals surface area contributed by atoms with Crippen molar-refractivity contribution in [3.05, 3.63) is 53.3 Å². The molecular formula is C19H29IN6O2. The number of halogens is 1. The SMILES string of the molecule is CCNC(=NCc1ccc(C(=O)NC)cc1)NCC(C)(O)c1cnn(C)c1.I. The van der Waals surface area contributed by atoms with Crippen molar-refractivity contribution in [1.29, 1.82) is 0 Å². The minimum Gasteiger partial charge on any atom is -0.383 e. The van der Waals surface area contributed by atoms with E-state index in [0.29, 0.717) is 31.2 Å². The third kappa shape index (κ3) is 6.79. The Balaban J connectivity index is 0.00000392. The quantitative estimate of drug-likeness (QED) is 0.261. The van der Waals surface area contributed by atoms with Gasteiger partial charge in [0.2, 0.25) is 0 Å². The van der Waals surface area contributed by atoms with Gasteiger partial charge in [0.25, 0.3) is 5.91 Å². The summed E-state index contributed by atoms with van der Waals surface area (Å²) in [7, 11) is 3.42. The van der Waals surface area contributed by atoms with Gasteiger partial charge in [-0.25, -0.2) is 4.99 Å². The first-order chi connectivity index (χ1) is 12.9. The number of carbonyl (C=O) groups is 1. The highest BCUT2D eigenvalue weighted by Crippen LogP contribution is 2.18. The maximum Gasteiger partial charge on any atom is 0.251 e. The number of aromatic nitrogens is 2. The van der Waals surface area contributed by atoms with Gasteiger partial charge in [-0.3, -0.25) is 9.48 Å². The first kappa shape index (κ1) is 23.9. The van der Waals surface area contributed by atoms with Gasteiger partial charge in [0, 0.05) is 38.0 Å². The molecule has 0 radical (unpaired) electrons. The molecule has 2 aromatic rings. The minimum absolute atomic E-state index is 0. The predicted octanol–water partition coefficient (Wildman–Crippen LogP) is 1.36. The van der Waals surface area contributed by atoms with E-state index in [1.54, 1.807) is 43.2 Å². The summed E-state index contributed by atoms with van der Waals surface area (Å²) in [5.41, 5.74) is 1.26. The number of benzene rings is 1. The number of amides is 1. The molecule has 0 bridgehead atoms. The molecule has 0 aliphatic heterocycles. The van der Waals surface area contributed by atoms with Crippen molar-refractivity contribution < 1.29 is 9.90 Å². The van der Waals surface area contributed by atoms with Crippen molar-refractivity contribution in [1.82, 2.24) is 25.7 Å². The second-order valence-corrected chi connectivity index (χ2v) is 6.50. The summed E-state index contributed by atoms with van der Waals surface area (Å²) in [6.07, 6.45) is 3.44. The second kappa shape index (κ2) is 11.0. The number of aliphatic imine (C=N–C) groups is 1. The molecule has 8 nitrogen and oxygen atoms in total. The Hall–Kier alpha value is -2.14. The topological polar surface area (TPSA) is 104 Å². The van der Waals surface area contributed by atoms with Crippen LogP contribution in [0.25, 0.3) is 0 Å². The first-order valence-electron chi connectivity index (χ1n) is 8.90. The lowest BCUT2D eigenvalue weighted by molar-refractivity contribution is 0.0616. The summed E-state index contributed by atoms with van der Waals surface area (Å²) in [6.45, 7) is 5.17. The summed E-state index contributed by atoms with van der Waals surface area (Å²) in [6, 6.07) is 7.31. The molecule has 154 valence electrons. The number of carbonyl (C=O) groups excluding carboxylic acids is 1. The van der Waals surface area contributed by atoms with E-state index in [4.69, 9.17) is 0 Å². The smallest absolute Gasteiger partial charge is 0.251 e. The van der Waals surface area contributed by atoms with Crippen molar-refractivity contribution in [2.45, 2.75) is 26.0 Å². The number of hydrogen-bond acceptors (Lipinski definition) is 4. The number of rotatable bonds is 7. The number of guanidine groups is 1. The highest BCUT2D eigenvalue weighted by Gasteiger charge is 2.24. The standard InChI is InChI=1S/C19H28N6O2.HI/c1-5-21-18(23-13-19(2,27)16-11-24-25(4)12-16)22-10-14-6-8-15(9-7-14)17(26)20-3;/h6-9,11-12,27H,5,10,13H2,1-4H3,(H,20,26)(H2,21,22,23);1H. The van der Waals surface area contributed by atoms with Crippen LogP contribution in [0.1, 0.15) is 35.3 Å². The van der Waals surface area contributed by atoms with Crippen LogP contribution in [0, 0.1) is 0 Å². The van der Waals surface area contributed by atoms with Crippen LogP contribution >= 0.6 is 24.0 Å². The van der Waals surface area contributed by atoms with Gasteiger partial charge in [-0.05, 0) is 31.5 Å². The van der Waals surface area contributed by atoms with Crippen molar-refractivity contribution >= 4 is 35.8 Å². The van der Waals surface area contributed by atoms with Gasteiger partial charge in [-0.15, -0.1) is 24.0 Å². The molecule has 0 saturated carbocycles. The number of nitrogens with one attached hydrogen (secondary N) is 3. The average molecular weight is 500 g/mol. The van der Waals surface area contributed by atoms with Gasteiger partial charge >= 0.3 is 0 Å². The third-order valence-corrected chi connectivity index (χ3v) is 4.13. The molecule has 1 aromatic carbocycles. The number of aryl methyl sites for hydroxylation is 1. The molecule has 0 spiro atoms. The third-order valence-electron chi connectivity index (χ3n) is 4.13. The van der Waals surface area contributed by atoms with Crippen LogP contribution in [-0.4, -0.2) is 46.9 Å². The molecule has 1 heterocycles. The molecule has 2 rings (SSSR count). The summed E-state index contributed by atoms with van der Waals surface area (Å²) in [5, 5.41) is 23.7. The Morgan fingerprint density at radius 2 is 1.96 bits per heavy atom. The van der Waals surface area contributed by atoms with Crippen molar-refractivity contribution in [3.63, 3.8) is 0 Å². The van der Waals surface area contributed by atoms with E-state index in [1.165, 1.54) is 0 Å². The van der Waals surface area contributed by atoms with Crippen LogP contribution in [0.3, 0.4) is 0 Å². The number of hydrogen-bond donors (Lipinski definition) is 4. The summed E-state index contributed by atoms with van der Waals surface area (Å²) < 4.78 is 1.66. The Morgan fingerprint density at radius 3 is 2.50 bits per heavy atom. The molecule has 0 fully saturated rings. The van der Waals surface area contributed by atoms with Gasteiger partial charge in [0.1, 0.15) is 5.60 Å². The van der Waals surface area contributed by atoms with Gasteiger partial charge in [0.05, 0.1) is 19.3 Å². The fourth-order valence-corrected chi connectivity index (χ4v) is 2.48. The Labute approximate surface area is 182 Å². The molecule has 1 amide bonds. The summed E-state index contributed by atoms with van der Waals surface area (Å²) in [5.74, 6) is 0.495. The Morgan fingerprint density at radius 1 is 1.29 bits per heavy atom. The number of nitrogens with zero attached hydrogens (tertiary/aromatic N) is 3. The Bertz CT molecular complexity index is 786. The molecule has 0 aliphatic rings. The fraction of sp³-hybridized carbons (Fsp3) is 0.421. The fourth-order valence-electron chi connectivity index (χ4n) is 2.48. The molecule has 1 aromatic heterocycles. The van der Waals surface area contributed by atoms with E-state index in [-0.39, 0.29) is 29.9 Å². The van der Waals surface area contributed by atoms with E-state index >= 15 is 0 Å². The van der Waals surface area contributed by atoms with Gasteiger partial charge in [-0.1, -0.05) is 12.1 Å². The van der Waals surface area contributed by atoms with E-state index in [2.05, 4.69) is 26.0 Å². The van der Waals surface area contributed by atoms with Crippen LogP contribution in [0.4, 0.5) is 0 Å². The van der Waals surface area contributed by atoms with Gasteiger partial charge in [0.15, 0.2) is 5.96 Å². The molecule has 0 saturated heterocycles. The van der Waals surface area contributed by atoms with Crippen LogP contribution < -0.4 is 16.0 Å². The van der Waals surface area contributed by atoms with E-state index in [0.717, 1.165) is 11.1 Å². The van der Waals surface area contributed by atoms with Crippen LogP contribution in [-0.2, 0) is 19.2 Å². The monoisotopic (exact) mass is 500 g/mol. The van der Waals surface area contributed by atoms with Gasteiger partial charge < -0.3 is 21.1 Å². The largest absolute Gasteiger partial charge is 0.383 e.